The number of anilines is 1. The number of ether oxygens (including phenoxy) is 2. The van der Waals surface area contributed by atoms with Crippen LogP contribution in [-0.2, 0) is 19.5 Å². The van der Waals surface area contributed by atoms with E-state index in [4.69, 9.17) is 9.47 Å². The van der Waals surface area contributed by atoms with Gasteiger partial charge in [0.25, 0.3) is 0 Å². The van der Waals surface area contributed by atoms with E-state index < -0.39 is 39.3 Å². The van der Waals surface area contributed by atoms with Gasteiger partial charge in [-0.3, -0.25) is 8.87 Å². The molecule has 0 N–H and O–H groups in total. The van der Waals surface area contributed by atoms with Gasteiger partial charge in [-0.05, 0) is 76.4 Å². The summed E-state index contributed by atoms with van der Waals surface area (Å²) in [5.74, 6) is -1.02. The Morgan fingerprint density at radius 3 is 1.96 bits per heavy atom. The van der Waals surface area contributed by atoms with Crippen molar-refractivity contribution in [2.75, 3.05) is 17.1 Å². The number of benzene rings is 3. The van der Waals surface area contributed by atoms with Crippen LogP contribution in [-0.4, -0.2) is 53.7 Å². The van der Waals surface area contributed by atoms with Crippen LogP contribution in [0.25, 0.3) is 21.8 Å². The molecule has 0 fully saturated rings. The quantitative estimate of drug-likeness (QED) is 0.193. The SMILES string of the molecule is CC(C)(C)OC(=O)n1cc([C@H]2c3c(c4ccccc4n3C(=O)OC(C)(C)C)[C@@H]3c4ccccc4N(S(C)(=O)=O)C[C@@H]32)c2ccccc21. The van der Waals surface area contributed by atoms with E-state index >= 15 is 0 Å². The molecule has 3 aromatic carbocycles. The number of rotatable bonds is 2. The molecule has 2 aliphatic rings. The summed E-state index contributed by atoms with van der Waals surface area (Å²) in [6.07, 6.45) is 2.00. The molecular weight excluding hydrogens is 614 g/mol. The van der Waals surface area contributed by atoms with Gasteiger partial charge in [-0.2, -0.15) is 0 Å². The Morgan fingerprint density at radius 2 is 1.30 bits per heavy atom. The van der Waals surface area contributed by atoms with E-state index in [0.29, 0.717) is 16.7 Å². The third-order valence-corrected chi connectivity index (χ3v) is 10.1. The van der Waals surface area contributed by atoms with Gasteiger partial charge in [0.05, 0.1) is 23.0 Å². The molecule has 1 aliphatic heterocycles. The normalized spacial score (nSPS) is 19.4. The smallest absolute Gasteiger partial charge is 0.419 e. The highest BCUT2D eigenvalue weighted by molar-refractivity contribution is 7.92. The Bertz CT molecular complexity index is 2200. The van der Waals surface area contributed by atoms with Gasteiger partial charge in [-0.15, -0.1) is 0 Å². The van der Waals surface area contributed by atoms with Crippen LogP contribution in [0.1, 0.15) is 75.8 Å². The Balaban J connectivity index is 1.57. The fourth-order valence-corrected chi connectivity index (χ4v) is 8.47. The number of para-hydroxylation sites is 3. The molecule has 5 aromatic rings. The minimum Gasteiger partial charge on any atom is -0.443 e. The van der Waals surface area contributed by atoms with Crippen LogP contribution in [0.5, 0.6) is 0 Å². The first-order chi connectivity index (χ1) is 22.0. The zero-order valence-corrected chi connectivity index (χ0v) is 28.5. The lowest BCUT2D eigenvalue weighted by Gasteiger charge is -2.39. The van der Waals surface area contributed by atoms with Crippen molar-refractivity contribution in [2.45, 2.75) is 64.6 Å². The number of aromatic nitrogens is 2. The Labute approximate surface area is 274 Å². The van der Waals surface area contributed by atoms with Gasteiger partial charge in [-0.1, -0.05) is 54.6 Å². The summed E-state index contributed by atoms with van der Waals surface area (Å²) in [7, 11) is -3.66. The van der Waals surface area contributed by atoms with Crippen molar-refractivity contribution in [3.05, 3.63) is 101 Å². The minimum atomic E-state index is -3.66. The third-order valence-electron chi connectivity index (χ3n) is 8.98. The summed E-state index contributed by atoms with van der Waals surface area (Å²) < 4.78 is 43.2. The topological polar surface area (TPSA) is 99.8 Å². The fourth-order valence-electron chi connectivity index (χ4n) is 7.50. The van der Waals surface area contributed by atoms with Crippen molar-refractivity contribution < 1.29 is 27.5 Å². The zero-order valence-electron chi connectivity index (χ0n) is 27.6. The molecule has 0 amide bonds. The zero-order chi connectivity index (χ0) is 33.6. The first kappa shape index (κ1) is 31.1. The summed E-state index contributed by atoms with van der Waals surface area (Å²) in [6, 6.07) is 23.0. The largest absolute Gasteiger partial charge is 0.443 e. The summed E-state index contributed by atoms with van der Waals surface area (Å²) in [4.78, 5) is 27.9. The number of carbonyl (C=O) groups is 2. The maximum absolute atomic E-state index is 14.2. The highest BCUT2D eigenvalue weighted by atomic mass is 32.2. The average Bonchev–Trinajstić information content (AvgIpc) is 3.62. The lowest BCUT2D eigenvalue weighted by molar-refractivity contribution is 0.0528. The van der Waals surface area contributed by atoms with Crippen molar-refractivity contribution >= 4 is 49.7 Å². The molecule has 0 radical (unpaired) electrons. The predicted octanol–water partition coefficient (Wildman–Crippen LogP) is 7.84. The maximum Gasteiger partial charge on any atom is 0.419 e. The molecule has 2 aromatic heterocycles. The molecule has 0 bridgehead atoms. The van der Waals surface area contributed by atoms with Crippen molar-refractivity contribution in [3.8, 4) is 0 Å². The molecule has 9 nitrogen and oxygen atoms in total. The number of fused-ring (bicyclic) bond motifs is 8. The molecule has 7 rings (SSSR count). The summed E-state index contributed by atoms with van der Waals surface area (Å²) in [6.45, 7) is 11.2. The molecule has 1 aliphatic carbocycles. The van der Waals surface area contributed by atoms with E-state index in [9.17, 15) is 18.0 Å². The highest BCUT2D eigenvalue weighted by Crippen LogP contribution is 2.60. The molecule has 0 saturated heterocycles. The highest BCUT2D eigenvalue weighted by Gasteiger charge is 2.52. The number of carbonyl (C=O) groups excluding carboxylic acids is 2. The first-order valence-electron chi connectivity index (χ1n) is 15.8. The van der Waals surface area contributed by atoms with Crippen LogP contribution >= 0.6 is 0 Å². The number of hydrogen-bond acceptors (Lipinski definition) is 6. The van der Waals surface area contributed by atoms with Gasteiger partial charge in [0.1, 0.15) is 11.2 Å². The van der Waals surface area contributed by atoms with Crippen molar-refractivity contribution in [3.63, 3.8) is 0 Å². The Morgan fingerprint density at radius 1 is 0.723 bits per heavy atom. The molecule has 10 heteroatoms. The standard InChI is InChI=1S/C37H39N3O6S/c1-36(2,3)45-34(41)38-20-25(22-14-8-11-17-27(22)38)31-26-21-39(47(7,43)44)28-18-12-9-15-23(28)30(26)32-24-16-10-13-19-29(24)40(33(31)32)35(42)46-37(4,5)6/h8-20,26,30-31H,21H2,1-7H3/t26-,30+,31+/m0/s1. The summed E-state index contributed by atoms with van der Waals surface area (Å²) in [5.41, 5.74) is 3.92. The molecular formula is C37H39N3O6S. The second-order valence-electron chi connectivity index (χ2n) is 14.6. The second-order valence-corrected chi connectivity index (χ2v) is 16.5. The van der Waals surface area contributed by atoms with Crippen molar-refractivity contribution in [1.82, 2.24) is 9.13 Å². The van der Waals surface area contributed by atoms with Gasteiger partial charge < -0.3 is 9.47 Å². The lowest BCUT2D eigenvalue weighted by Crippen LogP contribution is -2.42. The van der Waals surface area contributed by atoms with Crippen LogP contribution < -0.4 is 4.31 Å². The lowest BCUT2D eigenvalue weighted by atomic mass is 9.76. The van der Waals surface area contributed by atoms with Gasteiger partial charge in [0.2, 0.25) is 10.0 Å². The van der Waals surface area contributed by atoms with Crippen LogP contribution in [0.2, 0.25) is 0 Å². The molecule has 0 saturated carbocycles. The van der Waals surface area contributed by atoms with Crippen LogP contribution in [0, 0.1) is 5.92 Å². The maximum atomic E-state index is 14.2. The molecule has 0 spiro atoms. The van der Waals surface area contributed by atoms with Crippen molar-refractivity contribution in [1.29, 1.82) is 0 Å². The van der Waals surface area contributed by atoms with E-state index in [1.807, 2.05) is 114 Å². The van der Waals surface area contributed by atoms with Crippen LogP contribution in [0.4, 0.5) is 15.3 Å². The van der Waals surface area contributed by atoms with E-state index in [2.05, 4.69) is 0 Å². The van der Waals surface area contributed by atoms with E-state index in [1.54, 1.807) is 10.8 Å². The monoisotopic (exact) mass is 653 g/mol. The van der Waals surface area contributed by atoms with Gasteiger partial charge >= 0.3 is 12.2 Å². The van der Waals surface area contributed by atoms with E-state index in [1.165, 1.54) is 15.1 Å². The van der Waals surface area contributed by atoms with E-state index in [0.717, 1.165) is 33.2 Å². The molecule has 47 heavy (non-hydrogen) atoms. The summed E-state index contributed by atoms with van der Waals surface area (Å²) >= 11 is 0. The van der Waals surface area contributed by atoms with Gasteiger partial charge in [0, 0.05) is 47.0 Å². The average molecular weight is 654 g/mol. The number of nitrogens with zero attached hydrogens (tertiary/aromatic N) is 3. The van der Waals surface area contributed by atoms with Gasteiger partial charge in [0.15, 0.2) is 0 Å². The molecule has 3 atom stereocenters. The number of hydrogen-bond donors (Lipinski definition) is 0. The molecule has 0 unspecified atom stereocenters. The number of sulfonamides is 1. The summed E-state index contributed by atoms with van der Waals surface area (Å²) in [5, 5.41) is 1.73. The fraction of sp³-hybridized carbons (Fsp3) is 0.351. The Kier molecular flexibility index (Phi) is 6.92. The predicted molar refractivity (Wildman–Crippen MR) is 183 cm³/mol. The van der Waals surface area contributed by atoms with Crippen LogP contribution in [0.15, 0.2) is 79.0 Å². The first-order valence-corrected chi connectivity index (χ1v) is 17.7. The third kappa shape index (κ3) is 5.10. The van der Waals surface area contributed by atoms with Gasteiger partial charge in [-0.25, -0.2) is 22.6 Å². The van der Waals surface area contributed by atoms with Crippen LogP contribution in [0.3, 0.4) is 0 Å². The van der Waals surface area contributed by atoms with Crippen molar-refractivity contribution in [2.24, 2.45) is 5.92 Å². The molecule has 3 heterocycles. The van der Waals surface area contributed by atoms with E-state index in [-0.39, 0.29) is 18.4 Å². The Hall–Kier alpha value is -4.57. The second kappa shape index (κ2) is 10.5. The minimum absolute atomic E-state index is 0.189. The molecule has 244 valence electrons.